The molecule has 21 heavy (non-hydrogen) atoms. The number of nitrogens with zero attached hydrogens (tertiary/aromatic N) is 4. The van der Waals surface area contributed by atoms with Crippen LogP contribution in [0.1, 0.15) is 55.5 Å². The van der Waals surface area contributed by atoms with Crippen molar-refractivity contribution in [3.8, 4) is 0 Å². The van der Waals surface area contributed by atoms with Gasteiger partial charge in [-0.25, -0.2) is 9.50 Å². The van der Waals surface area contributed by atoms with E-state index in [-0.39, 0.29) is 11.3 Å². The van der Waals surface area contributed by atoms with Crippen molar-refractivity contribution in [2.75, 3.05) is 13.1 Å². The second kappa shape index (κ2) is 4.83. The van der Waals surface area contributed by atoms with Crippen molar-refractivity contribution >= 4 is 11.6 Å². The molecule has 1 aliphatic heterocycles. The first-order valence-corrected chi connectivity index (χ1v) is 7.53. The van der Waals surface area contributed by atoms with E-state index in [1.54, 1.807) is 0 Å². The summed E-state index contributed by atoms with van der Waals surface area (Å²) in [5, 5.41) is 4.61. The van der Waals surface area contributed by atoms with Crippen LogP contribution >= 0.6 is 0 Å². The van der Waals surface area contributed by atoms with Gasteiger partial charge in [0.05, 0.1) is 5.69 Å². The van der Waals surface area contributed by atoms with Gasteiger partial charge in [0.25, 0.3) is 5.91 Å². The zero-order valence-corrected chi connectivity index (χ0v) is 13.2. The maximum absolute atomic E-state index is 12.5. The molecular formula is C16H22N4O. The minimum absolute atomic E-state index is 0.0285. The van der Waals surface area contributed by atoms with Gasteiger partial charge in [-0.2, -0.15) is 5.10 Å². The molecule has 0 bridgehead atoms. The van der Waals surface area contributed by atoms with E-state index >= 15 is 0 Å². The van der Waals surface area contributed by atoms with Gasteiger partial charge < -0.3 is 4.90 Å². The Morgan fingerprint density at radius 3 is 2.48 bits per heavy atom. The summed E-state index contributed by atoms with van der Waals surface area (Å²) < 4.78 is 1.82. The Morgan fingerprint density at radius 1 is 1.19 bits per heavy atom. The summed E-state index contributed by atoms with van der Waals surface area (Å²) in [6.45, 7) is 10.0. The maximum Gasteiger partial charge on any atom is 0.272 e. The number of hydrogen-bond acceptors (Lipinski definition) is 3. The fourth-order valence-corrected chi connectivity index (χ4v) is 2.68. The number of aryl methyl sites for hydroxylation is 1. The highest BCUT2D eigenvalue weighted by atomic mass is 16.2. The number of hydrogen-bond donors (Lipinski definition) is 0. The largest absolute Gasteiger partial charge is 0.337 e. The van der Waals surface area contributed by atoms with Crippen LogP contribution in [0.25, 0.3) is 5.65 Å². The SMILES string of the molecule is Cc1cc(C(=O)N2CCCC2)nc2cc(C(C)(C)C)nn12. The van der Waals surface area contributed by atoms with Gasteiger partial charge in [-0.15, -0.1) is 0 Å². The Hall–Kier alpha value is -1.91. The second-order valence-electron chi connectivity index (χ2n) is 6.83. The molecule has 1 amide bonds. The zero-order chi connectivity index (χ0) is 15.2. The first-order chi connectivity index (χ1) is 9.86. The molecule has 2 aromatic heterocycles. The Labute approximate surface area is 125 Å². The van der Waals surface area contributed by atoms with E-state index in [1.165, 1.54) is 0 Å². The zero-order valence-electron chi connectivity index (χ0n) is 13.2. The number of amides is 1. The van der Waals surface area contributed by atoms with Crippen LogP contribution in [0.3, 0.4) is 0 Å². The second-order valence-corrected chi connectivity index (χ2v) is 6.83. The number of likely N-dealkylation sites (tertiary alicyclic amines) is 1. The van der Waals surface area contributed by atoms with Crippen molar-refractivity contribution in [2.24, 2.45) is 0 Å². The van der Waals surface area contributed by atoms with Crippen LogP contribution in [0.5, 0.6) is 0 Å². The minimum atomic E-state index is -0.0285. The lowest BCUT2D eigenvalue weighted by atomic mass is 9.93. The van der Waals surface area contributed by atoms with E-state index in [0.29, 0.717) is 5.69 Å². The molecule has 0 atom stereocenters. The number of carbonyl (C=O) groups excluding carboxylic acids is 1. The van der Waals surface area contributed by atoms with Crippen molar-refractivity contribution < 1.29 is 4.79 Å². The van der Waals surface area contributed by atoms with Gasteiger partial charge in [0.15, 0.2) is 5.65 Å². The van der Waals surface area contributed by atoms with Crippen LogP contribution < -0.4 is 0 Å². The lowest BCUT2D eigenvalue weighted by Crippen LogP contribution is -2.28. The van der Waals surface area contributed by atoms with Gasteiger partial charge in [0.2, 0.25) is 0 Å². The molecule has 5 heteroatoms. The number of carbonyl (C=O) groups is 1. The number of aromatic nitrogens is 3. The molecule has 0 saturated carbocycles. The van der Waals surface area contributed by atoms with Gasteiger partial charge in [-0.05, 0) is 25.8 Å². The van der Waals surface area contributed by atoms with E-state index in [0.717, 1.165) is 43.0 Å². The topological polar surface area (TPSA) is 50.5 Å². The smallest absolute Gasteiger partial charge is 0.272 e. The molecule has 0 N–H and O–H groups in total. The molecular weight excluding hydrogens is 264 g/mol. The molecule has 0 spiro atoms. The van der Waals surface area contributed by atoms with E-state index in [4.69, 9.17) is 0 Å². The van der Waals surface area contributed by atoms with Crippen molar-refractivity contribution in [2.45, 2.75) is 46.0 Å². The van der Waals surface area contributed by atoms with Crippen molar-refractivity contribution in [3.05, 3.63) is 29.2 Å². The summed E-state index contributed by atoms with van der Waals surface area (Å²) in [5.74, 6) is 0.0385. The Bertz CT molecular complexity index is 690. The van der Waals surface area contributed by atoms with Crippen LogP contribution in [0.15, 0.2) is 12.1 Å². The maximum atomic E-state index is 12.5. The highest BCUT2D eigenvalue weighted by Gasteiger charge is 2.23. The predicted molar refractivity (Wildman–Crippen MR) is 81.6 cm³/mol. The lowest BCUT2D eigenvalue weighted by Gasteiger charge is -2.14. The third-order valence-electron chi connectivity index (χ3n) is 3.99. The normalized spacial score (nSPS) is 15.9. The monoisotopic (exact) mass is 286 g/mol. The van der Waals surface area contributed by atoms with Gasteiger partial charge in [0, 0.05) is 30.3 Å². The summed E-state index contributed by atoms with van der Waals surface area (Å²) in [6, 6.07) is 3.82. The molecule has 1 aliphatic rings. The fraction of sp³-hybridized carbons (Fsp3) is 0.562. The molecule has 0 radical (unpaired) electrons. The summed E-state index contributed by atoms with van der Waals surface area (Å²) in [6.07, 6.45) is 2.18. The molecule has 112 valence electrons. The van der Waals surface area contributed by atoms with Gasteiger partial charge in [-0.1, -0.05) is 20.8 Å². The van der Waals surface area contributed by atoms with Gasteiger partial charge in [0.1, 0.15) is 5.69 Å². The van der Waals surface area contributed by atoms with Gasteiger partial charge in [-0.3, -0.25) is 4.79 Å². The van der Waals surface area contributed by atoms with Gasteiger partial charge >= 0.3 is 0 Å². The van der Waals surface area contributed by atoms with Crippen molar-refractivity contribution in [3.63, 3.8) is 0 Å². The molecule has 0 unspecified atom stereocenters. The number of rotatable bonds is 1. The highest BCUT2D eigenvalue weighted by molar-refractivity contribution is 5.93. The van der Waals surface area contributed by atoms with Crippen LogP contribution in [0, 0.1) is 6.92 Å². The average Bonchev–Trinajstić information content (AvgIpc) is 3.06. The van der Waals surface area contributed by atoms with Crippen LogP contribution in [0.4, 0.5) is 0 Å². The summed E-state index contributed by atoms with van der Waals surface area (Å²) in [7, 11) is 0. The third kappa shape index (κ3) is 2.52. The Kier molecular flexibility index (Phi) is 3.23. The summed E-state index contributed by atoms with van der Waals surface area (Å²) in [4.78, 5) is 18.9. The first kappa shape index (κ1) is 14.0. The van der Waals surface area contributed by atoms with Crippen LogP contribution in [-0.2, 0) is 5.41 Å². The average molecular weight is 286 g/mol. The quantitative estimate of drug-likeness (QED) is 0.809. The third-order valence-corrected chi connectivity index (χ3v) is 3.99. The van der Waals surface area contributed by atoms with E-state index < -0.39 is 0 Å². The molecule has 3 heterocycles. The fourth-order valence-electron chi connectivity index (χ4n) is 2.68. The molecule has 5 nitrogen and oxygen atoms in total. The minimum Gasteiger partial charge on any atom is -0.337 e. The van der Waals surface area contributed by atoms with Crippen molar-refractivity contribution in [1.29, 1.82) is 0 Å². The molecule has 1 saturated heterocycles. The molecule has 0 aromatic carbocycles. The van der Waals surface area contributed by atoms with Crippen LogP contribution in [0.2, 0.25) is 0 Å². The first-order valence-electron chi connectivity index (χ1n) is 7.53. The van der Waals surface area contributed by atoms with Crippen molar-refractivity contribution in [1.82, 2.24) is 19.5 Å². The Balaban J connectivity index is 2.04. The summed E-state index contributed by atoms with van der Waals surface area (Å²) >= 11 is 0. The standard InChI is InChI=1S/C16H22N4O/c1-11-9-12(15(21)19-7-5-6-8-19)17-14-10-13(16(2,3)4)18-20(11)14/h9-10H,5-8H2,1-4H3. The van der Waals surface area contributed by atoms with E-state index in [1.807, 2.05) is 28.5 Å². The van der Waals surface area contributed by atoms with Crippen LogP contribution in [-0.4, -0.2) is 38.5 Å². The summed E-state index contributed by atoms with van der Waals surface area (Å²) in [5.41, 5.74) is 3.19. The molecule has 3 rings (SSSR count). The van der Waals surface area contributed by atoms with E-state index in [2.05, 4.69) is 30.9 Å². The highest BCUT2D eigenvalue weighted by Crippen LogP contribution is 2.22. The molecule has 2 aromatic rings. The van der Waals surface area contributed by atoms with E-state index in [9.17, 15) is 4.79 Å². The molecule has 1 fully saturated rings. The molecule has 0 aliphatic carbocycles. The predicted octanol–water partition coefficient (Wildman–Crippen LogP) is 2.57. The lowest BCUT2D eigenvalue weighted by molar-refractivity contribution is 0.0787. The number of fused-ring (bicyclic) bond motifs is 1. The Morgan fingerprint density at radius 2 is 1.86 bits per heavy atom.